The van der Waals surface area contributed by atoms with Crippen LogP contribution in [0.15, 0.2) is 0 Å². The molecule has 1 aliphatic heterocycles. The van der Waals surface area contributed by atoms with Gasteiger partial charge in [-0.15, -0.1) is 0 Å². The summed E-state index contributed by atoms with van der Waals surface area (Å²) >= 11 is 0. The topological polar surface area (TPSA) is 39.1 Å². The molecule has 16 heavy (non-hydrogen) atoms. The molecule has 1 heterocycles. The second kappa shape index (κ2) is 7.65. The Bertz CT molecular complexity index is 216. The van der Waals surface area contributed by atoms with Crippen LogP contribution in [0.5, 0.6) is 0 Å². The summed E-state index contributed by atoms with van der Waals surface area (Å²) in [6.07, 6.45) is 5.50. The lowest BCUT2D eigenvalue weighted by atomic mass is 10.0. The first-order valence-corrected chi connectivity index (χ1v) is 6.66. The van der Waals surface area contributed by atoms with Crippen LogP contribution in [0, 0.1) is 11.3 Å². The van der Waals surface area contributed by atoms with Crippen molar-refractivity contribution in [2.45, 2.75) is 58.0 Å². The molecule has 1 N–H and O–H groups in total. The fraction of sp³-hybridized carbons (Fsp3) is 0.923. The van der Waals surface area contributed by atoms with Gasteiger partial charge in [-0.25, -0.2) is 0 Å². The monoisotopic (exact) mass is 223 g/mol. The molecule has 92 valence electrons. The highest BCUT2D eigenvalue weighted by Crippen LogP contribution is 2.18. The summed E-state index contributed by atoms with van der Waals surface area (Å²) in [6.45, 7) is 7.81. The number of rotatable bonds is 6. The molecule has 3 nitrogen and oxygen atoms in total. The zero-order chi connectivity index (χ0) is 11.8. The average Bonchev–Trinajstić information content (AvgIpc) is 2.35. The van der Waals surface area contributed by atoms with E-state index in [9.17, 15) is 0 Å². The van der Waals surface area contributed by atoms with Crippen LogP contribution < -0.4 is 5.32 Å². The second-order valence-corrected chi connectivity index (χ2v) is 4.66. The van der Waals surface area contributed by atoms with Crippen LogP contribution in [-0.4, -0.2) is 36.6 Å². The van der Waals surface area contributed by atoms with Gasteiger partial charge in [0.2, 0.25) is 0 Å². The summed E-state index contributed by atoms with van der Waals surface area (Å²) in [5.41, 5.74) is 0. The van der Waals surface area contributed by atoms with E-state index < -0.39 is 0 Å². The first-order chi connectivity index (χ1) is 7.83. The third-order valence-electron chi connectivity index (χ3n) is 3.49. The van der Waals surface area contributed by atoms with E-state index in [1.165, 1.54) is 19.3 Å². The predicted molar refractivity (Wildman–Crippen MR) is 67.2 cm³/mol. The summed E-state index contributed by atoms with van der Waals surface area (Å²) in [4.78, 5) is 2.56. The molecule has 0 amide bonds. The number of nitriles is 1. The van der Waals surface area contributed by atoms with Crippen molar-refractivity contribution >= 4 is 0 Å². The smallest absolute Gasteiger partial charge is 0.0638 e. The summed E-state index contributed by atoms with van der Waals surface area (Å²) in [6, 6.07) is 3.43. The standard InChI is InChI=1S/C13H25N3/c1-3-10-16(12(4-2)7-8-14)13-6-5-9-15-11-13/h12-13,15H,3-7,9-11H2,1-2H3. The molecule has 0 spiro atoms. The fourth-order valence-corrected chi connectivity index (χ4v) is 2.64. The van der Waals surface area contributed by atoms with E-state index in [2.05, 4.69) is 30.1 Å². The number of hydrogen-bond donors (Lipinski definition) is 1. The van der Waals surface area contributed by atoms with Crippen LogP contribution in [0.25, 0.3) is 0 Å². The third-order valence-corrected chi connectivity index (χ3v) is 3.49. The van der Waals surface area contributed by atoms with Crippen molar-refractivity contribution in [2.75, 3.05) is 19.6 Å². The molecule has 0 bridgehead atoms. The molecule has 0 aromatic heterocycles. The zero-order valence-corrected chi connectivity index (χ0v) is 10.7. The molecular formula is C13H25N3. The largest absolute Gasteiger partial charge is 0.315 e. The Labute approximate surface area is 99.8 Å². The van der Waals surface area contributed by atoms with Gasteiger partial charge < -0.3 is 5.32 Å². The maximum atomic E-state index is 8.89. The minimum atomic E-state index is 0.454. The average molecular weight is 223 g/mol. The van der Waals surface area contributed by atoms with E-state index >= 15 is 0 Å². The number of nitrogens with one attached hydrogen (secondary N) is 1. The molecule has 0 aliphatic carbocycles. The molecule has 0 radical (unpaired) electrons. The number of hydrogen-bond acceptors (Lipinski definition) is 3. The van der Waals surface area contributed by atoms with Crippen LogP contribution in [-0.2, 0) is 0 Å². The van der Waals surface area contributed by atoms with Crippen LogP contribution in [0.4, 0.5) is 0 Å². The van der Waals surface area contributed by atoms with Gasteiger partial charge in [-0.2, -0.15) is 5.26 Å². The van der Waals surface area contributed by atoms with Gasteiger partial charge in [0.1, 0.15) is 0 Å². The van der Waals surface area contributed by atoms with Crippen LogP contribution >= 0.6 is 0 Å². The molecule has 1 saturated heterocycles. The molecule has 1 fully saturated rings. The van der Waals surface area contributed by atoms with Gasteiger partial charge in [-0.3, -0.25) is 4.90 Å². The molecule has 3 heteroatoms. The van der Waals surface area contributed by atoms with Crippen LogP contribution in [0.2, 0.25) is 0 Å². The van der Waals surface area contributed by atoms with Crippen molar-refractivity contribution in [2.24, 2.45) is 0 Å². The Kier molecular flexibility index (Phi) is 6.44. The van der Waals surface area contributed by atoms with Gasteiger partial charge in [-0.1, -0.05) is 13.8 Å². The molecule has 0 aromatic carbocycles. The molecule has 1 aliphatic rings. The van der Waals surface area contributed by atoms with Crippen molar-refractivity contribution in [3.63, 3.8) is 0 Å². The predicted octanol–water partition coefficient (Wildman–Crippen LogP) is 2.14. The van der Waals surface area contributed by atoms with Crippen molar-refractivity contribution in [3.8, 4) is 6.07 Å². The molecule has 0 saturated carbocycles. The van der Waals surface area contributed by atoms with Crippen molar-refractivity contribution in [3.05, 3.63) is 0 Å². The lowest BCUT2D eigenvalue weighted by Gasteiger charge is -2.39. The van der Waals surface area contributed by atoms with E-state index in [1.54, 1.807) is 0 Å². The summed E-state index contributed by atoms with van der Waals surface area (Å²) in [7, 11) is 0. The Morgan fingerprint density at radius 3 is 2.81 bits per heavy atom. The van der Waals surface area contributed by atoms with Crippen LogP contribution in [0.3, 0.4) is 0 Å². The minimum Gasteiger partial charge on any atom is -0.315 e. The molecule has 0 aromatic rings. The maximum Gasteiger partial charge on any atom is 0.0638 e. The maximum absolute atomic E-state index is 8.89. The number of nitrogens with zero attached hydrogens (tertiary/aromatic N) is 2. The SMILES string of the molecule is CCCN(C(CC)CC#N)C1CCCNC1. The van der Waals surface area contributed by atoms with E-state index in [-0.39, 0.29) is 0 Å². The summed E-state index contributed by atoms with van der Waals surface area (Å²) in [5, 5.41) is 12.4. The minimum absolute atomic E-state index is 0.454. The lowest BCUT2D eigenvalue weighted by Crippen LogP contribution is -2.50. The van der Waals surface area contributed by atoms with Crippen molar-refractivity contribution < 1.29 is 0 Å². The third kappa shape index (κ3) is 3.77. The van der Waals surface area contributed by atoms with Gasteiger partial charge in [0.15, 0.2) is 0 Å². The lowest BCUT2D eigenvalue weighted by molar-refractivity contribution is 0.110. The highest BCUT2D eigenvalue weighted by atomic mass is 15.2. The van der Waals surface area contributed by atoms with E-state index in [4.69, 9.17) is 5.26 Å². The zero-order valence-electron chi connectivity index (χ0n) is 10.7. The quantitative estimate of drug-likeness (QED) is 0.750. The van der Waals surface area contributed by atoms with E-state index in [1.807, 2.05) is 0 Å². The summed E-state index contributed by atoms with van der Waals surface area (Å²) < 4.78 is 0. The van der Waals surface area contributed by atoms with Gasteiger partial charge in [-0.05, 0) is 38.8 Å². The molecule has 1 rings (SSSR count). The Hall–Kier alpha value is -0.590. The van der Waals surface area contributed by atoms with E-state index in [0.717, 1.165) is 26.1 Å². The highest BCUT2D eigenvalue weighted by molar-refractivity contribution is 4.87. The van der Waals surface area contributed by atoms with E-state index in [0.29, 0.717) is 18.5 Å². The first-order valence-electron chi connectivity index (χ1n) is 6.66. The Balaban J connectivity index is 2.59. The normalized spacial score (nSPS) is 23.0. The highest BCUT2D eigenvalue weighted by Gasteiger charge is 2.25. The Morgan fingerprint density at radius 1 is 1.50 bits per heavy atom. The first kappa shape index (κ1) is 13.5. The van der Waals surface area contributed by atoms with Gasteiger partial charge in [0.25, 0.3) is 0 Å². The van der Waals surface area contributed by atoms with Gasteiger partial charge >= 0.3 is 0 Å². The number of piperidine rings is 1. The molecule has 2 atom stereocenters. The molecular weight excluding hydrogens is 198 g/mol. The van der Waals surface area contributed by atoms with Crippen LogP contribution in [0.1, 0.15) is 46.0 Å². The van der Waals surface area contributed by atoms with Gasteiger partial charge in [0, 0.05) is 18.6 Å². The Morgan fingerprint density at radius 2 is 2.31 bits per heavy atom. The second-order valence-electron chi connectivity index (χ2n) is 4.66. The van der Waals surface area contributed by atoms with Crippen molar-refractivity contribution in [1.29, 1.82) is 5.26 Å². The molecule has 2 unspecified atom stereocenters. The van der Waals surface area contributed by atoms with Gasteiger partial charge in [0.05, 0.1) is 12.5 Å². The fourth-order valence-electron chi connectivity index (χ4n) is 2.64. The van der Waals surface area contributed by atoms with Crippen molar-refractivity contribution in [1.82, 2.24) is 10.2 Å². The summed E-state index contributed by atoms with van der Waals surface area (Å²) in [5.74, 6) is 0.